The van der Waals surface area contributed by atoms with Gasteiger partial charge in [-0.25, -0.2) is 9.18 Å². The second-order valence-corrected chi connectivity index (χ2v) is 7.03. The maximum atomic E-state index is 13.8. The van der Waals surface area contributed by atoms with Gasteiger partial charge in [-0.3, -0.25) is 9.36 Å². The highest BCUT2D eigenvalue weighted by Crippen LogP contribution is 2.32. The number of para-hydroxylation sites is 2. The first kappa shape index (κ1) is 19.2. The first-order chi connectivity index (χ1) is 13.8. The summed E-state index contributed by atoms with van der Waals surface area (Å²) >= 11 is 0. The fourth-order valence-electron chi connectivity index (χ4n) is 3.82. The van der Waals surface area contributed by atoms with E-state index >= 15 is 0 Å². The minimum atomic E-state index is -4.81. The Hall–Kier alpha value is -3.10. The lowest BCUT2D eigenvalue weighted by Crippen LogP contribution is -2.40. The van der Waals surface area contributed by atoms with Crippen molar-refractivity contribution in [2.24, 2.45) is 0 Å². The molecule has 2 aromatic carbocycles. The number of likely N-dealkylation sites (tertiary alicyclic amines) is 1. The molecule has 1 saturated heterocycles. The van der Waals surface area contributed by atoms with Crippen molar-refractivity contribution in [3.63, 3.8) is 0 Å². The number of carbonyl (C=O) groups excluding carboxylic acids is 1. The summed E-state index contributed by atoms with van der Waals surface area (Å²) in [6.45, 7) is 0.635. The van der Waals surface area contributed by atoms with Gasteiger partial charge in [0.2, 0.25) is 0 Å². The second-order valence-electron chi connectivity index (χ2n) is 7.03. The van der Waals surface area contributed by atoms with Crippen LogP contribution in [0.5, 0.6) is 0 Å². The quantitative estimate of drug-likeness (QED) is 0.654. The zero-order valence-corrected chi connectivity index (χ0v) is 15.2. The van der Waals surface area contributed by atoms with Crippen molar-refractivity contribution in [1.29, 1.82) is 0 Å². The first-order valence-corrected chi connectivity index (χ1v) is 9.11. The third-order valence-corrected chi connectivity index (χ3v) is 5.26. The molecule has 1 N–H and O–H groups in total. The summed E-state index contributed by atoms with van der Waals surface area (Å²) in [4.78, 5) is 29.2. The molecule has 0 bridgehead atoms. The van der Waals surface area contributed by atoms with Crippen LogP contribution in [0.15, 0.2) is 47.3 Å². The summed E-state index contributed by atoms with van der Waals surface area (Å²) in [5.74, 6) is -1.99. The van der Waals surface area contributed by atoms with Crippen LogP contribution in [0.4, 0.5) is 17.6 Å². The van der Waals surface area contributed by atoms with E-state index in [-0.39, 0.29) is 17.3 Å². The molecule has 0 aliphatic carbocycles. The Morgan fingerprint density at radius 3 is 2.41 bits per heavy atom. The normalized spacial score (nSPS) is 15.8. The van der Waals surface area contributed by atoms with Gasteiger partial charge in [-0.1, -0.05) is 12.1 Å². The summed E-state index contributed by atoms with van der Waals surface area (Å²) in [5, 5.41) is 0. The molecule has 29 heavy (non-hydrogen) atoms. The number of hydrogen-bond donors (Lipinski definition) is 1. The lowest BCUT2D eigenvalue weighted by atomic mass is 10.0. The number of aromatic nitrogens is 2. The molecule has 4 rings (SSSR count). The molecular formula is C20H17F4N3O2. The van der Waals surface area contributed by atoms with Crippen LogP contribution in [0.25, 0.3) is 11.0 Å². The maximum absolute atomic E-state index is 13.8. The first-order valence-electron chi connectivity index (χ1n) is 9.11. The Bertz CT molecular complexity index is 1120. The van der Waals surface area contributed by atoms with Crippen LogP contribution in [-0.4, -0.2) is 33.4 Å². The molecule has 1 amide bonds. The van der Waals surface area contributed by atoms with Crippen molar-refractivity contribution >= 4 is 16.9 Å². The molecule has 2 heterocycles. The standard InChI is InChI=1S/C20H17F4N3O2/c21-15-11-12(5-6-14(15)20(22,23)24)18(28)26-9-7-13(8-10-26)27-17-4-2-1-3-16(17)25-19(27)29/h1-6,11,13H,7-10H2,(H,25,29). The number of piperidine rings is 1. The van der Waals surface area contributed by atoms with E-state index in [0.717, 1.165) is 17.1 Å². The third kappa shape index (κ3) is 3.52. The Labute approximate surface area is 162 Å². The van der Waals surface area contributed by atoms with Gasteiger partial charge in [0.15, 0.2) is 0 Å². The fraction of sp³-hybridized carbons (Fsp3) is 0.300. The molecule has 0 spiro atoms. The second kappa shape index (κ2) is 7.06. The summed E-state index contributed by atoms with van der Waals surface area (Å²) in [5.41, 5.74) is -0.228. The number of fused-ring (bicyclic) bond motifs is 1. The SMILES string of the molecule is O=C(c1ccc(C(F)(F)F)c(F)c1)N1CCC(n2c(=O)[nH]c3ccccc32)CC1. The van der Waals surface area contributed by atoms with Gasteiger partial charge in [0.1, 0.15) is 5.82 Å². The molecule has 0 unspecified atom stereocenters. The van der Waals surface area contributed by atoms with Crippen LogP contribution >= 0.6 is 0 Å². The number of nitrogens with zero attached hydrogens (tertiary/aromatic N) is 2. The minimum Gasteiger partial charge on any atom is -0.338 e. The van der Waals surface area contributed by atoms with Crippen LogP contribution in [0, 0.1) is 5.82 Å². The summed E-state index contributed by atoms with van der Waals surface area (Å²) in [6, 6.07) is 9.41. The smallest absolute Gasteiger partial charge is 0.338 e. The third-order valence-electron chi connectivity index (χ3n) is 5.26. The van der Waals surface area contributed by atoms with Gasteiger partial charge in [0, 0.05) is 24.7 Å². The number of alkyl halides is 3. The van der Waals surface area contributed by atoms with Crippen LogP contribution in [0.1, 0.15) is 34.8 Å². The molecule has 3 aromatic rings. The van der Waals surface area contributed by atoms with Crippen LogP contribution in [-0.2, 0) is 6.18 Å². The van der Waals surface area contributed by atoms with E-state index < -0.39 is 23.5 Å². The van der Waals surface area contributed by atoms with Gasteiger partial charge in [0.05, 0.1) is 16.6 Å². The molecular weight excluding hydrogens is 390 g/mol. The number of H-pyrrole nitrogens is 1. The van der Waals surface area contributed by atoms with Gasteiger partial charge >= 0.3 is 11.9 Å². The van der Waals surface area contributed by atoms with Crippen LogP contribution in [0.2, 0.25) is 0 Å². The van der Waals surface area contributed by atoms with Gasteiger partial charge in [0.25, 0.3) is 5.91 Å². The number of rotatable bonds is 2. The van der Waals surface area contributed by atoms with Crippen molar-refractivity contribution in [1.82, 2.24) is 14.5 Å². The molecule has 152 valence electrons. The van der Waals surface area contributed by atoms with Crippen molar-refractivity contribution in [2.45, 2.75) is 25.1 Å². The average molecular weight is 407 g/mol. The number of carbonyl (C=O) groups is 1. The Balaban J connectivity index is 1.50. The van der Waals surface area contributed by atoms with Gasteiger partial charge in [-0.15, -0.1) is 0 Å². The molecule has 0 radical (unpaired) electrons. The number of imidazole rings is 1. The van der Waals surface area contributed by atoms with E-state index in [2.05, 4.69) is 4.98 Å². The van der Waals surface area contributed by atoms with Crippen molar-refractivity contribution < 1.29 is 22.4 Å². The zero-order valence-electron chi connectivity index (χ0n) is 15.2. The summed E-state index contributed by atoms with van der Waals surface area (Å²) < 4.78 is 53.5. The van der Waals surface area contributed by atoms with E-state index in [9.17, 15) is 27.2 Å². The number of benzene rings is 2. The number of amides is 1. The molecule has 1 aliphatic heterocycles. The number of hydrogen-bond acceptors (Lipinski definition) is 2. The molecule has 1 aromatic heterocycles. The van der Waals surface area contributed by atoms with Gasteiger partial charge < -0.3 is 9.88 Å². The predicted octanol–water partition coefficient (Wildman–Crippen LogP) is 3.96. The van der Waals surface area contributed by atoms with E-state index in [4.69, 9.17) is 0 Å². The van der Waals surface area contributed by atoms with E-state index in [0.29, 0.717) is 38.1 Å². The Morgan fingerprint density at radius 2 is 1.76 bits per heavy atom. The lowest BCUT2D eigenvalue weighted by Gasteiger charge is -2.32. The molecule has 9 heteroatoms. The number of aromatic amines is 1. The van der Waals surface area contributed by atoms with Crippen LogP contribution < -0.4 is 5.69 Å². The fourth-order valence-corrected chi connectivity index (χ4v) is 3.82. The summed E-state index contributed by atoms with van der Waals surface area (Å²) in [7, 11) is 0. The maximum Gasteiger partial charge on any atom is 0.419 e. The molecule has 1 aliphatic rings. The molecule has 5 nitrogen and oxygen atoms in total. The van der Waals surface area contributed by atoms with Crippen molar-refractivity contribution in [2.75, 3.05) is 13.1 Å². The molecule has 0 saturated carbocycles. The monoisotopic (exact) mass is 407 g/mol. The number of halogens is 4. The van der Waals surface area contributed by atoms with Crippen molar-refractivity contribution in [3.8, 4) is 0 Å². The predicted molar refractivity (Wildman–Crippen MR) is 98.1 cm³/mol. The summed E-state index contributed by atoms with van der Waals surface area (Å²) in [6.07, 6.45) is -3.79. The van der Waals surface area contributed by atoms with E-state index in [1.807, 2.05) is 24.3 Å². The van der Waals surface area contributed by atoms with Gasteiger partial charge in [-0.05, 0) is 43.2 Å². The van der Waals surface area contributed by atoms with Crippen molar-refractivity contribution in [3.05, 3.63) is 69.9 Å². The largest absolute Gasteiger partial charge is 0.419 e. The molecule has 1 fully saturated rings. The Morgan fingerprint density at radius 1 is 1.07 bits per heavy atom. The molecule has 0 atom stereocenters. The highest BCUT2D eigenvalue weighted by molar-refractivity contribution is 5.94. The highest BCUT2D eigenvalue weighted by Gasteiger charge is 2.35. The Kier molecular flexibility index (Phi) is 4.68. The minimum absolute atomic E-state index is 0.105. The number of nitrogens with one attached hydrogen (secondary N) is 1. The average Bonchev–Trinajstić information content (AvgIpc) is 3.02. The zero-order chi connectivity index (χ0) is 20.8. The van der Waals surface area contributed by atoms with Gasteiger partial charge in [-0.2, -0.15) is 13.2 Å². The van der Waals surface area contributed by atoms with E-state index in [1.165, 1.54) is 4.90 Å². The van der Waals surface area contributed by atoms with E-state index in [1.54, 1.807) is 4.57 Å². The van der Waals surface area contributed by atoms with Crippen LogP contribution in [0.3, 0.4) is 0 Å². The topological polar surface area (TPSA) is 58.1 Å². The highest BCUT2D eigenvalue weighted by atomic mass is 19.4. The lowest BCUT2D eigenvalue weighted by molar-refractivity contribution is -0.140.